The summed E-state index contributed by atoms with van der Waals surface area (Å²) >= 11 is 6.44. The highest BCUT2D eigenvalue weighted by atomic mass is 35.5. The number of amides is 1. The summed E-state index contributed by atoms with van der Waals surface area (Å²) in [5.74, 6) is 0.697. The van der Waals surface area contributed by atoms with E-state index in [2.05, 4.69) is 34.5 Å². The third-order valence-corrected chi connectivity index (χ3v) is 4.84. The first-order chi connectivity index (χ1) is 11.7. The summed E-state index contributed by atoms with van der Waals surface area (Å²) in [6.07, 6.45) is 1.39. The molecular weight excluding hydrogens is 324 g/mol. The van der Waals surface area contributed by atoms with Crippen molar-refractivity contribution >= 4 is 23.2 Å². The minimum atomic E-state index is -0.447. The number of halogens is 1. The predicted molar refractivity (Wildman–Crippen MR) is 94.5 cm³/mol. The van der Waals surface area contributed by atoms with Crippen molar-refractivity contribution in [2.24, 2.45) is 0 Å². The highest BCUT2D eigenvalue weighted by Gasteiger charge is 2.24. The Balaban J connectivity index is 1.41. The second-order valence-electron chi connectivity index (χ2n) is 6.29. The van der Waals surface area contributed by atoms with Crippen LogP contribution in [0.25, 0.3) is 0 Å². The third-order valence-electron chi connectivity index (χ3n) is 4.61. The van der Waals surface area contributed by atoms with Gasteiger partial charge in [-0.1, -0.05) is 41.9 Å². The van der Waals surface area contributed by atoms with Gasteiger partial charge in [0.25, 0.3) is 0 Å². The molecule has 1 amide bonds. The zero-order valence-electron chi connectivity index (χ0n) is 13.3. The molecule has 2 aromatic carbocycles. The Morgan fingerprint density at radius 2 is 2.00 bits per heavy atom. The summed E-state index contributed by atoms with van der Waals surface area (Å²) in [6.45, 7) is 2.53. The molecular formula is C19H19ClN2O2. The molecule has 124 valence electrons. The molecule has 0 saturated heterocycles. The number of nitrogens with one attached hydrogen (secondary N) is 1. The highest BCUT2D eigenvalue weighted by molar-refractivity contribution is 6.20. The van der Waals surface area contributed by atoms with Crippen LogP contribution in [0.5, 0.6) is 5.75 Å². The van der Waals surface area contributed by atoms with Crippen molar-refractivity contribution in [2.45, 2.75) is 24.9 Å². The third kappa shape index (κ3) is 3.12. The summed E-state index contributed by atoms with van der Waals surface area (Å²) in [5.41, 5.74) is 4.07. The minimum Gasteiger partial charge on any atom is -0.473 e. The molecule has 2 aliphatic heterocycles. The van der Waals surface area contributed by atoms with E-state index in [1.165, 1.54) is 11.1 Å². The smallest absolute Gasteiger partial charge is 0.229 e. The number of benzene rings is 2. The van der Waals surface area contributed by atoms with Gasteiger partial charge in [-0.05, 0) is 29.7 Å². The van der Waals surface area contributed by atoms with Gasteiger partial charge in [0.2, 0.25) is 5.91 Å². The van der Waals surface area contributed by atoms with Crippen LogP contribution in [0, 0.1) is 0 Å². The molecule has 4 nitrogen and oxygen atoms in total. The largest absolute Gasteiger partial charge is 0.473 e. The van der Waals surface area contributed by atoms with Gasteiger partial charge in [0.1, 0.15) is 5.75 Å². The van der Waals surface area contributed by atoms with Crippen molar-refractivity contribution in [3.8, 4) is 5.75 Å². The van der Waals surface area contributed by atoms with E-state index in [4.69, 9.17) is 16.3 Å². The van der Waals surface area contributed by atoms with E-state index < -0.39 is 5.56 Å². The fourth-order valence-electron chi connectivity index (χ4n) is 3.42. The van der Waals surface area contributed by atoms with Crippen LogP contribution >= 0.6 is 11.6 Å². The molecule has 1 atom stereocenters. The predicted octanol–water partition coefficient (Wildman–Crippen LogP) is 3.18. The van der Waals surface area contributed by atoms with Gasteiger partial charge in [-0.25, -0.2) is 0 Å². The lowest BCUT2D eigenvalue weighted by Gasteiger charge is -2.30. The van der Waals surface area contributed by atoms with Crippen molar-refractivity contribution in [3.63, 3.8) is 0 Å². The minimum absolute atomic E-state index is 0.000176. The van der Waals surface area contributed by atoms with Crippen molar-refractivity contribution in [2.75, 3.05) is 18.4 Å². The number of fused-ring (bicyclic) bond motifs is 2. The Morgan fingerprint density at radius 1 is 1.17 bits per heavy atom. The lowest BCUT2D eigenvalue weighted by molar-refractivity contribution is -0.115. The summed E-state index contributed by atoms with van der Waals surface area (Å²) in [4.78, 5) is 13.9. The SMILES string of the molecule is O=C1Cc2c(cccc2OC(Cl)CN2CCc3ccccc3C2)N1. The van der Waals surface area contributed by atoms with E-state index in [9.17, 15) is 4.79 Å². The van der Waals surface area contributed by atoms with E-state index in [0.29, 0.717) is 18.7 Å². The van der Waals surface area contributed by atoms with E-state index in [0.717, 1.165) is 30.8 Å². The van der Waals surface area contributed by atoms with Crippen LogP contribution in [0.4, 0.5) is 5.69 Å². The molecule has 5 heteroatoms. The summed E-state index contributed by atoms with van der Waals surface area (Å²) in [7, 11) is 0. The molecule has 0 aliphatic carbocycles. The van der Waals surface area contributed by atoms with E-state index >= 15 is 0 Å². The Hall–Kier alpha value is -2.04. The number of alkyl halides is 1. The molecule has 1 unspecified atom stereocenters. The Morgan fingerprint density at radius 3 is 2.88 bits per heavy atom. The first-order valence-corrected chi connectivity index (χ1v) is 8.64. The maximum Gasteiger partial charge on any atom is 0.229 e. The quantitative estimate of drug-likeness (QED) is 0.868. The first-order valence-electron chi connectivity index (χ1n) is 8.20. The fraction of sp³-hybridized carbons (Fsp3) is 0.316. The van der Waals surface area contributed by atoms with Gasteiger partial charge in [0.15, 0.2) is 5.56 Å². The van der Waals surface area contributed by atoms with Gasteiger partial charge in [-0.15, -0.1) is 0 Å². The van der Waals surface area contributed by atoms with Crippen molar-refractivity contribution < 1.29 is 9.53 Å². The average Bonchev–Trinajstić information content (AvgIpc) is 2.96. The molecule has 0 saturated carbocycles. The van der Waals surface area contributed by atoms with Crippen LogP contribution in [0.2, 0.25) is 0 Å². The summed E-state index contributed by atoms with van der Waals surface area (Å²) in [5, 5.41) is 2.83. The van der Waals surface area contributed by atoms with Gasteiger partial charge >= 0.3 is 0 Å². The number of carbonyl (C=O) groups excluding carboxylic acids is 1. The molecule has 24 heavy (non-hydrogen) atoms. The van der Waals surface area contributed by atoms with E-state index in [1.807, 2.05) is 18.2 Å². The molecule has 1 N–H and O–H groups in total. The van der Waals surface area contributed by atoms with Gasteiger partial charge in [0.05, 0.1) is 13.0 Å². The number of nitrogens with zero attached hydrogens (tertiary/aromatic N) is 1. The maximum absolute atomic E-state index is 11.6. The average molecular weight is 343 g/mol. The van der Waals surface area contributed by atoms with E-state index in [-0.39, 0.29) is 5.91 Å². The monoisotopic (exact) mass is 342 g/mol. The van der Waals surface area contributed by atoms with Crippen LogP contribution < -0.4 is 10.1 Å². The lowest BCUT2D eigenvalue weighted by atomic mass is 10.0. The van der Waals surface area contributed by atoms with E-state index in [1.54, 1.807) is 0 Å². The molecule has 0 aromatic heterocycles. The summed E-state index contributed by atoms with van der Waals surface area (Å²) in [6, 6.07) is 14.2. The van der Waals surface area contributed by atoms with Gasteiger partial charge in [-0.3, -0.25) is 9.69 Å². The lowest BCUT2D eigenvalue weighted by Crippen LogP contribution is -2.36. The number of rotatable bonds is 4. The number of hydrogen-bond donors (Lipinski definition) is 1. The maximum atomic E-state index is 11.6. The zero-order chi connectivity index (χ0) is 16.5. The van der Waals surface area contributed by atoms with Crippen molar-refractivity contribution in [1.29, 1.82) is 0 Å². The van der Waals surface area contributed by atoms with Crippen molar-refractivity contribution in [3.05, 3.63) is 59.2 Å². The molecule has 4 rings (SSSR count). The van der Waals surface area contributed by atoms with Crippen LogP contribution in [0.1, 0.15) is 16.7 Å². The Labute approximate surface area is 146 Å². The Kier molecular flexibility index (Phi) is 4.17. The number of carbonyl (C=O) groups is 1. The van der Waals surface area contributed by atoms with Crippen molar-refractivity contribution in [1.82, 2.24) is 4.90 Å². The second kappa shape index (κ2) is 6.46. The second-order valence-corrected chi connectivity index (χ2v) is 6.78. The number of anilines is 1. The van der Waals surface area contributed by atoms with Gasteiger partial charge < -0.3 is 10.1 Å². The first kappa shape index (κ1) is 15.5. The number of hydrogen-bond acceptors (Lipinski definition) is 3. The molecule has 0 spiro atoms. The summed E-state index contributed by atoms with van der Waals surface area (Å²) < 4.78 is 5.93. The van der Waals surface area contributed by atoms with Crippen LogP contribution in [-0.2, 0) is 24.2 Å². The molecule has 2 aromatic rings. The van der Waals surface area contributed by atoms with Crippen LogP contribution in [0.15, 0.2) is 42.5 Å². The molecule has 0 radical (unpaired) electrons. The molecule has 0 fully saturated rings. The van der Waals surface area contributed by atoms with Crippen LogP contribution in [0.3, 0.4) is 0 Å². The Bertz CT molecular complexity index is 778. The van der Waals surface area contributed by atoms with Gasteiger partial charge in [0, 0.05) is 24.3 Å². The standard InChI is InChI=1S/C19H19ClN2O2/c20-18(12-22-9-8-13-4-1-2-5-14(13)11-22)24-17-7-3-6-16-15(17)10-19(23)21-16/h1-7,18H,8-12H2,(H,21,23). The highest BCUT2D eigenvalue weighted by Crippen LogP contribution is 2.32. The van der Waals surface area contributed by atoms with Crippen LogP contribution in [-0.4, -0.2) is 29.5 Å². The molecule has 2 aliphatic rings. The molecule has 0 bridgehead atoms. The normalized spacial score (nSPS) is 17.8. The molecule has 2 heterocycles. The van der Waals surface area contributed by atoms with Gasteiger partial charge in [-0.2, -0.15) is 0 Å². The number of ether oxygens (including phenoxy) is 1. The topological polar surface area (TPSA) is 41.6 Å². The zero-order valence-corrected chi connectivity index (χ0v) is 14.1. The fourth-order valence-corrected chi connectivity index (χ4v) is 3.71.